The van der Waals surface area contributed by atoms with Gasteiger partial charge in [-0.2, -0.15) is 5.26 Å². The van der Waals surface area contributed by atoms with Crippen LogP contribution in [0.25, 0.3) is 0 Å². The number of hydrogen-bond acceptors (Lipinski definition) is 1. The van der Waals surface area contributed by atoms with Gasteiger partial charge in [-0.05, 0) is 13.3 Å². The van der Waals surface area contributed by atoms with Gasteiger partial charge in [-0.25, -0.2) is 0 Å². The Morgan fingerprint density at radius 3 is 2.56 bits per heavy atom. The summed E-state index contributed by atoms with van der Waals surface area (Å²) in [5.41, 5.74) is 0. The summed E-state index contributed by atoms with van der Waals surface area (Å²) >= 11 is 5.81. The molecule has 0 saturated heterocycles. The third-order valence-corrected chi connectivity index (χ3v) is 1.91. The van der Waals surface area contributed by atoms with E-state index in [1.165, 1.54) is 0 Å². The molecule has 0 bridgehead atoms. The first-order valence-electron chi connectivity index (χ1n) is 3.26. The van der Waals surface area contributed by atoms with Crippen molar-refractivity contribution in [2.45, 2.75) is 32.1 Å². The van der Waals surface area contributed by atoms with Gasteiger partial charge in [0.15, 0.2) is 0 Å². The Bertz CT molecular complexity index is 106. The maximum absolute atomic E-state index is 8.40. The Balaban J connectivity index is 3.48. The van der Waals surface area contributed by atoms with Crippen molar-refractivity contribution >= 4 is 11.6 Å². The highest BCUT2D eigenvalue weighted by Crippen LogP contribution is 2.14. The second kappa shape index (κ2) is 4.64. The number of hydrogen-bond donors (Lipinski definition) is 0. The molecule has 0 spiro atoms. The normalized spacial score (nSPS) is 16.2. The first kappa shape index (κ1) is 8.78. The molecule has 0 fully saturated rings. The molecule has 0 aliphatic carbocycles. The third kappa shape index (κ3) is 3.37. The molecular weight excluding hydrogens is 134 g/mol. The summed E-state index contributed by atoms with van der Waals surface area (Å²) in [6, 6.07) is 2.12. The standard InChI is InChI=1S/C7H12ClN/c1-3-4-7(8)6(2)5-9/h6-7H,3-4H2,1-2H3. The third-order valence-electron chi connectivity index (χ3n) is 1.31. The molecule has 0 N–H and O–H groups in total. The predicted molar refractivity (Wildman–Crippen MR) is 39.3 cm³/mol. The fourth-order valence-electron chi connectivity index (χ4n) is 0.607. The fourth-order valence-corrected chi connectivity index (χ4v) is 0.881. The van der Waals surface area contributed by atoms with Crippen LogP contribution in [-0.4, -0.2) is 5.38 Å². The van der Waals surface area contributed by atoms with Crippen LogP contribution in [0.4, 0.5) is 0 Å². The van der Waals surface area contributed by atoms with E-state index in [9.17, 15) is 0 Å². The quantitative estimate of drug-likeness (QED) is 0.560. The number of nitriles is 1. The lowest BCUT2D eigenvalue weighted by Gasteiger charge is -2.07. The van der Waals surface area contributed by atoms with E-state index in [0.29, 0.717) is 0 Å². The Morgan fingerprint density at radius 2 is 2.22 bits per heavy atom. The zero-order chi connectivity index (χ0) is 7.28. The van der Waals surface area contributed by atoms with Gasteiger partial charge in [0, 0.05) is 5.38 Å². The van der Waals surface area contributed by atoms with E-state index in [-0.39, 0.29) is 11.3 Å². The van der Waals surface area contributed by atoms with Gasteiger partial charge < -0.3 is 0 Å². The molecule has 2 heteroatoms. The summed E-state index contributed by atoms with van der Waals surface area (Å²) in [4.78, 5) is 0. The highest BCUT2D eigenvalue weighted by Gasteiger charge is 2.10. The van der Waals surface area contributed by atoms with E-state index in [1.54, 1.807) is 0 Å². The molecule has 0 rings (SSSR count). The van der Waals surface area contributed by atoms with Crippen molar-refractivity contribution in [3.05, 3.63) is 0 Å². The zero-order valence-corrected chi connectivity index (χ0v) is 6.65. The van der Waals surface area contributed by atoms with Crippen molar-refractivity contribution in [1.29, 1.82) is 5.26 Å². The molecular formula is C7H12ClN. The van der Waals surface area contributed by atoms with E-state index in [4.69, 9.17) is 16.9 Å². The zero-order valence-electron chi connectivity index (χ0n) is 5.89. The molecule has 0 aromatic rings. The minimum Gasteiger partial charge on any atom is -0.198 e. The molecule has 52 valence electrons. The minimum atomic E-state index is -0.00776. The Morgan fingerprint density at radius 1 is 1.67 bits per heavy atom. The van der Waals surface area contributed by atoms with Gasteiger partial charge in [0.05, 0.1) is 12.0 Å². The van der Waals surface area contributed by atoms with Gasteiger partial charge in [0.2, 0.25) is 0 Å². The second-order valence-electron chi connectivity index (χ2n) is 2.22. The van der Waals surface area contributed by atoms with Gasteiger partial charge in [-0.1, -0.05) is 13.3 Å². The highest BCUT2D eigenvalue weighted by atomic mass is 35.5. The summed E-state index contributed by atoms with van der Waals surface area (Å²) < 4.78 is 0. The van der Waals surface area contributed by atoms with E-state index < -0.39 is 0 Å². The molecule has 0 aliphatic rings. The summed E-state index contributed by atoms with van der Waals surface area (Å²) in [5, 5.41) is 8.44. The van der Waals surface area contributed by atoms with Crippen molar-refractivity contribution in [3.63, 3.8) is 0 Å². The Kier molecular flexibility index (Phi) is 4.53. The number of nitrogens with zero attached hydrogens (tertiary/aromatic N) is 1. The largest absolute Gasteiger partial charge is 0.198 e. The molecule has 2 atom stereocenters. The van der Waals surface area contributed by atoms with Gasteiger partial charge >= 0.3 is 0 Å². The molecule has 0 radical (unpaired) electrons. The van der Waals surface area contributed by atoms with E-state index in [0.717, 1.165) is 12.8 Å². The minimum absolute atomic E-state index is 0.00776. The van der Waals surface area contributed by atoms with Crippen molar-refractivity contribution in [2.24, 2.45) is 5.92 Å². The average molecular weight is 146 g/mol. The topological polar surface area (TPSA) is 23.8 Å². The second-order valence-corrected chi connectivity index (χ2v) is 2.78. The van der Waals surface area contributed by atoms with E-state index in [1.807, 2.05) is 6.92 Å². The number of halogens is 1. The lowest BCUT2D eigenvalue weighted by atomic mass is 10.1. The van der Waals surface area contributed by atoms with E-state index >= 15 is 0 Å². The molecule has 0 heterocycles. The molecule has 9 heavy (non-hydrogen) atoms. The Hall–Kier alpha value is -0.220. The van der Waals surface area contributed by atoms with Crippen LogP contribution in [0.5, 0.6) is 0 Å². The van der Waals surface area contributed by atoms with Crippen LogP contribution in [0.1, 0.15) is 26.7 Å². The molecule has 0 saturated carbocycles. The maximum atomic E-state index is 8.40. The van der Waals surface area contributed by atoms with Crippen LogP contribution in [0, 0.1) is 17.2 Å². The summed E-state index contributed by atoms with van der Waals surface area (Å²) in [6.07, 6.45) is 2.00. The smallest absolute Gasteiger partial charge is 0.0668 e. The lowest BCUT2D eigenvalue weighted by Crippen LogP contribution is -2.08. The van der Waals surface area contributed by atoms with Crippen LogP contribution >= 0.6 is 11.6 Å². The number of rotatable bonds is 3. The number of alkyl halides is 1. The summed E-state index contributed by atoms with van der Waals surface area (Å²) in [6.45, 7) is 3.92. The van der Waals surface area contributed by atoms with Crippen LogP contribution in [0.15, 0.2) is 0 Å². The van der Waals surface area contributed by atoms with Gasteiger partial charge in [-0.3, -0.25) is 0 Å². The van der Waals surface area contributed by atoms with Crippen LogP contribution in [0.2, 0.25) is 0 Å². The molecule has 0 aromatic heterocycles. The van der Waals surface area contributed by atoms with Crippen LogP contribution in [0.3, 0.4) is 0 Å². The maximum Gasteiger partial charge on any atom is 0.0668 e. The van der Waals surface area contributed by atoms with Crippen molar-refractivity contribution in [3.8, 4) is 6.07 Å². The van der Waals surface area contributed by atoms with Crippen molar-refractivity contribution < 1.29 is 0 Å². The van der Waals surface area contributed by atoms with Crippen molar-refractivity contribution in [1.82, 2.24) is 0 Å². The summed E-state index contributed by atoms with van der Waals surface area (Å²) in [7, 11) is 0. The van der Waals surface area contributed by atoms with Gasteiger partial charge in [-0.15, -0.1) is 11.6 Å². The summed E-state index contributed by atoms with van der Waals surface area (Å²) in [5.74, 6) is -0.00776. The first-order valence-corrected chi connectivity index (χ1v) is 3.69. The monoisotopic (exact) mass is 145 g/mol. The SMILES string of the molecule is CCCC(Cl)C(C)C#N. The highest BCUT2D eigenvalue weighted by molar-refractivity contribution is 6.20. The van der Waals surface area contributed by atoms with Gasteiger partial charge in [0.1, 0.15) is 0 Å². The average Bonchev–Trinajstić information content (AvgIpc) is 1.87. The lowest BCUT2D eigenvalue weighted by molar-refractivity contribution is 0.618. The Labute approximate surface area is 61.6 Å². The first-order chi connectivity index (χ1) is 4.22. The predicted octanol–water partition coefficient (Wildman–Crippen LogP) is 2.55. The van der Waals surface area contributed by atoms with Crippen LogP contribution < -0.4 is 0 Å². The van der Waals surface area contributed by atoms with Gasteiger partial charge in [0.25, 0.3) is 0 Å². The van der Waals surface area contributed by atoms with Crippen LogP contribution in [-0.2, 0) is 0 Å². The van der Waals surface area contributed by atoms with Crippen molar-refractivity contribution in [2.75, 3.05) is 0 Å². The van der Waals surface area contributed by atoms with E-state index in [2.05, 4.69) is 13.0 Å². The molecule has 0 amide bonds. The fraction of sp³-hybridized carbons (Fsp3) is 0.857. The molecule has 0 aliphatic heterocycles. The molecule has 2 unspecified atom stereocenters. The molecule has 1 nitrogen and oxygen atoms in total. The molecule has 0 aromatic carbocycles.